The van der Waals surface area contributed by atoms with Crippen LogP contribution in [0.3, 0.4) is 0 Å². The molecule has 4 heteroatoms. The summed E-state index contributed by atoms with van der Waals surface area (Å²) < 4.78 is 7.46. The van der Waals surface area contributed by atoms with Crippen molar-refractivity contribution in [3.8, 4) is 5.75 Å². The Balaban J connectivity index is 1.80. The van der Waals surface area contributed by atoms with Gasteiger partial charge in [-0.3, -0.25) is 0 Å². The zero-order valence-corrected chi connectivity index (χ0v) is 13.8. The molecule has 1 unspecified atom stereocenters. The van der Waals surface area contributed by atoms with Crippen LogP contribution in [0, 0.1) is 0 Å². The van der Waals surface area contributed by atoms with Gasteiger partial charge in [-0.2, -0.15) is 0 Å². The third-order valence-corrected chi connectivity index (χ3v) is 5.22. The Bertz CT molecular complexity index is 495. The molecule has 3 rings (SSSR count). The number of halogens is 1. The van der Waals surface area contributed by atoms with Gasteiger partial charge in [-0.15, -0.1) is 0 Å². The summed E-state index contributed by atoms with van der Waals surface area (Å²) in [6.45, 7) is 6.74. The summed E-state index contributed by atoms with van der Waals surface area (Å²) in [4.78, 5) is 2.53. The number of hydrogen-bond donors (Lipinski definition) is 1. The molecule has 0 amide bonds. The molecular formula is C16H23BrN2O. The summed E-state index contributed by atoms with van der Waals surface area (Å²) in [5.74, 6) is 0.977. The van der Waals surface area contributed by atoms with Gasteiger partial charge in [0.2, 0.25) is 0 Å². The molecule has 1 aromatic carbocycles. The Kier molecular flexibility index (Phi) is 3.82. The molecule has 1 spiro atoms. The van der Waals surface area contributed by atoms with Crippen molar-refractivity contribution < 1.29 is 4.74 Å². The molecule has 1 atom stereocenters. The molecule has 1 fully saturated rings. The molecule has 2 heterocycles. The Morgan fingerprint density at radius 1 is 1.35 bits per heavy atom. The Morgan fingerprint density at radius 3 is 2.70 bits per heavy atom. The summed E-state index contributed by atoms with van der Waals surface area (Å²) in [6, 6.07) is 6.88. The van der Waals surface area contributed by atoms with Crippen molar-refractivity contribution in [1.29, 1.82) is 0 Å². The molecule has 1 saturated heterocycles. The number of ether oxygens (including phenoxy) is 1. The lowest BCUT2D eigenvalue weighted by atomic mass is 9.80. The molecule has 3 nitrogen and oxygen atoms in total. The second-order valence-corrected chi connectivity index (χ2v) is 7.32. The highest BCUT2D eigenvalue weighted by molar-refractivity contribution is 9.10. The van der Waals surface area contributed by atoms with Crippen LogP contribution in [-0.2, 0) is 0 Å². The fourth-order valence-electron chi connectivity index (χ4n) is 3.44. The van der Waals surface area contributed by atoms with Crippen LogP contribution >= 0.6 is 15.9 Å². The van der Waals surface area contributed by atoms with E-state index in [4.69, 9.17) is 10.5 Å². The van der Waals surface area contributed by atoms with Crippen LogP contribution in [0.1, 0.15) is 44.7 Å². The number of nitrogens with zero attached hydrogens (tertiary/aromatic N) is 1. The minimum absolute atomic E-state index is 0.0500. The minimum Gasteiger partial charge on any atom is -0.487 e. The predicted molar refractivity (Wildman–Crippen MR) is 85.0 cm³/mol. The molecule has 0 bridgehead atoms. The SMILES string of the molecule is CC(C)N1CCC2(CC1)CC(N)c1cc(Br)ccc1O2. The quantitative estimate of drug-likeness (QED) is 0.851. The third kappa shape index (κ3) is 2.61. The van der Waals surface area contributed by atoms with E-state index in [9.17, 15) is 0 Å². The second kappa shape index (κ2) is 5.32. The fraction of sp³-hybridized carbons (Fsp3) is 0.625. The lowest BCUT2D eigenvalue weighted by Gasteiger charge is -2.47. The first-order chi connectivity index (χ1) is 9.49. The summed E-state index contributed by atoms with van der Waals surface area (Å²) in [6.07, 6.45) is 3.09. The van der Waals surface area contributed by atoms with Crippen LogP contribution in [0.4, 0.5) is 0 Å². The maximum absolute atomic E-state index is 6.40. The van der Waals surface area contributed by atoms with Crippen molar-refractivity contribution in [3.63, 3.8) is 0 Å². The van der Waals surface area contributed by atoms with Gasteiger partial charge in [0, 0.05) is 41.6 Å². The third-order valence-electron chi connectivity index (χ3n) is 4.73. The smallest absolute Gasteiger partial charge is 0.124 e. The number of likely N-dealkylation sites (tertiary alicyclic amines) is 1. The van der Waals surface area contributed by atoms with Gasteiger partial charge in [0.15, 0.2) is 0 Å². The number of nitrogens with two attached hydrogens (primary N) is 1. The second-order valence-electron chi connectivity index (χ2n) is 6.41. The van der Waals surface area contributed by atoms with E-state index in [0.29, 0.717) is 6.04 Å². The van der Waals surface area contributed by atoms with Crippen molar-refractivity contribution in [1.82, 2.24) is 4.90 Å². The van der Waals surface area contributed by atoms with E-state index < -0.39 is 0 Å². The number of hydrogen-bond acceptors (Lipinski definition) is 3. The molecule has 2 N–H and O–H groups in total. The largest absolute Gasteiger partial charge is 0.487 e. The van der Waals surface area contributed by atoms with Crippen LogP contribution in [0.5, 0.6) is 5.75 Å². The first kappa shape index (κ1) is 14.4. The Morgan fingerprint density at radius 2 is 2.05 bits per heavy atom. The predicted octanol–water partition coefficient (Wildman–Crippen LogP) is 3.47. The molecule has 0 radical (unpaired) electrons. The maximum Gasteiger partial charge on any atom is 0.124 e. The van der Waals surface area contributed by atoms with Crippen LogP contribution in [0.25, 0.3) is 0 Å². The van der Waals surface area contributed by atoms with E-state index in [-0.39, 0.29) is 11.6 Å². The average molecular weight is 339 g/mol. The first-order valence-electron chi connectivity index (χ1n) is 7.47. The Labute approximate surface area is 129 Å². The maximum atomic E-state index is 6.40. The molecule has 2 aliphatic rings. The number of rotatable bonds is 1. The zero-order chi connectivity index (χ0) is 14.3. The highest BCUT2D eigenvalue weighted by atomic mass is 79.9. The van der Waals surface area contributed by atoms with Gasteiger partial charge in [-0.25, -0.2) is 0 Å². The van der Waals surface area contributed by atoms with E-state index >= 15 is 0 Å². The first-order valence-corrected chi connectivity index (χ1v) is 8.26. The monoisotopic (exact) mass is 338 g/mol. The highest BCUT2D eigenvalue weighted by Gasteiger charge is 2.42. The average Bonchev–Trinajstić information content (AvgIpc) is 2.40. The van der Waals surface area contributed by atoms with Gasteiger partial charge in [0.25, 0.3) is 0 Å². The van der Waals surface area contributed by atoms with Crippen LogP contribution in [-0.4, -0.2) is 29.6 Å². The van der Waals surface area contributed by atoms with Gasteiger partial charge in [-0.1, -0.05) is 15.9 Å². The summed E-state index contributed by atoms with van der Waals surface area (Å²) in [5.41, 5.74) is 7.49. The molecule has 20 heavy (non-hydrogen) atoms. The lowest BCUT2D eigenvalue weighted by molar-refractivity contribution is -0.0279. The van der Waals surface area contributed by atoms with Gasteiger partial charge in [-0.05, 0) is 44.9 Å². The molecular weight excluding hydrogens is 316 g/mol. The van der Waals surface area contributed by atoms with E-state index in [1.165, 1.54) is 0 Å². The van der Waals surface area contributed by atoms with Gasteiger partial charge >= 0.3 is 0 Å². The van der Waals surface area contributed by atoms with Gasteiger partial charge in [0.05, 0.1) is 0 Å². The normalized spacial score (nSPS) is 25.6. The molecule has 1 aromatic rings. The Hall–Kier alpha value is -0.580. The van der Waals surface area contributed by atoms with Crippen molar-refractivity contribution in [2.24, 2.45) is 5.73 Å². The molecule has 2 aliphatic heterocycles. The summed E-state index contributed by atoms with van der Waals surface area (Å²) >= 11 is 3.51. The van der Waals surface area contributed by atoms with E-state index in [0.717, 1.165) is 48.1 Å². The molecule has 0 aromatic heterocycles. The lowest BCUT2D eigenvalue weighted by Crippen LogP contribution is -2.52. The molecule has 0 aliphatic carbocycles. The number of piperidine rings is 1. The van der Waals surface area contributed by atoms with Gasteiger partial charge < -0.3 is 15.4 Å². The highest BCUT2D eigenvalue weighted by Crippen LogP contribution is 2.44. The fourth-order valence-corrected chi connectivity index (χ4v) is 3.82. The van der Waals surface area contributed by atoms with E-state index in [2.05, 4.69) is 46.8 Å². The minimum atomic E-state index is -0.0500. The van der Waals surface area contributed by atoms with Crippen molar-refractivity contribution in [3.05, 3.63) is 28.2 Å². The number of benzene rings is 1. The van der Waals surface area contributed by atoms with Crippen LogP contribution < -0.4 is 10.5 Å². The number of fused-ring (bicyclic) bond motifs is 1. The standard InChI is InChI=1S/C16H23BrN2O/c1-11(2)19-7-5-16(6-8-19)10-14(18)13-9-12(17)3-4-15(13)20-16/h3-4,9,11,14H,5-8,10,18H2,1-2H3. The zero-order valence-electron chi connectivity index (χ0n) is 12.2. The summed E-state index contributed by atoms with van der Waals surface area (Å²) in [7, 11) is 0. The van der Waals surface area contributed by atoms with Crippen molar-refractivity contribution in [2.75, 3.05) is 13.1 Å². The van der Waals surface area contributed by atoms with Crippen molar-refractivity contribution in [2.45, 2.75) is 50.8 Å². The molecule has 0 saturated carbocycles. The van der Waals surface area contributed by atoms with E-state index in [1.807, 2.05) is 6.07 Å². The van der Waals surface area contributed by atoms with Crippen molar-refractivity contribution >= 4 is 15.9 Å². The van der Waals surface area contributed by atoms with E-state index in [1.54, 1.807) is 0 Å². The molecule has 110 valence electrons. The van der Waals surface area contributed by atoms with Crippen LogP contribution in [0.15, 0.2) is 22.7 Å². The van der Waals surface area contributed by atoms with Gasteiger partial charge in [0.1, 0.15) is 11.4 Å². The summed E-state index contributed by atoms with van der Waals surface area (Å²) in [5, 5.41) is 0. The van der Waals surface area contributed by atoms with Crippen LogP contribution in [0.2, 0.25) is 0 Å². The topological polar surface area (TPSA) is 38.5 Å².